The minimum Gasteiger partial charge on any atom is -0.255 e. The molecule has 0 aliphatic carbocycles. The van der Waals surface area contributed by atoms with E-state index >= 15 is 0 Å². The lowest BCUT2D eigenvalue weighted by Crippen LogP contribution is -1.84. The molecule has 0 atom stereocenters. The van der Waals surface area contributed by atoms with E-state index in [1.807, 2.05) is 28.9 Å². The Morgan fingerprint density at radius 2 is 1.00 bits per heavy atom. The highest BCUT2D eigenvalue weighted by Gasteiger charge is 2.11. The number of rotatable bonds is 2. The van der Waals surface area contributed by atoms with Crippen LogP contribution >= 0.6 is 22.7 Å². The third-order valence-corrected chi connectivity index (χ3v) is 9.40. The summed E-state index contributed by atoms with van der Waals surface area (Å²) in [7, 11) is 0. The highest BCUT2D eigenvalue weighted by atomic mass is 32.1. The second-order valence-corrected chi connectivity index (χ2v) is 11.4. The van der Waals surface area contributed by atoms with Gasteiger partial charge in [-0.1, -0.05) is 78.9 Å². The van der Waals surface area contributed by atoms with Crippen molar-refractivity contribution < 1.29 is 0 Å². The van der Waals surface area contributed by atoms with Crippen molar-refractivity contribution in [1.82, 2.24) is 4.98 Å². The van der Waals surface area contributed by atoms with E-state index in [1.165, 1.54) is 68.0 Å². The van der Waals surface area contributed by atoms with Crippen molar-refractivity contribution in [1.29, 1.82) is 0 Å². The predicted octanol–water partition coefficient (Wildman–Crippen LogP) is 10.3. The van der Waals surface area contributed by atoms with E-state index in [4.69, 9.17) is 4.98 Å². The SMILES string of the molecule is c1ccc2c(c1)sc1ccc(-c3ccc(-c4ccc5c(c4)ncc4sc6ccccc6c45)cc3)cc12. The summed E-state index contributed by atoms with van der Waals surface area (Å²) in [5.41, 5.74) is 5.94. The van der Waals surface area contributed by atoms with E-state index in [-0.39, 0.29) is 0 Å². The van der Waals surface area contributed by atoms with Gasteiger partial charge in [0.15, 0.2) is 0 Å². The minimum atomic E-state index is 1.04. The van der Waals surface area contributed by atoms with Crippen LogP contribution < -0.4 is 0 Å². The zero-order valence-electron chi connectivity index (χ0n) is 19.2. The highest BCUT2D eigenvalue weighted by Crippen LogP contribution is 2.39. The fourth-order valence-electron chi connectivity index (χ4n) is 5.35. The molecule has 0 radical (unpaired) electrons. The summed E-state index contributed by atoms with van der Waals surface area (Å²) in [4.78, 5) is 4.82. The number of hydrogen-bond acceptors (Lipinski definition) is 3. The van der Waals surface area contributed by atoms with Crippen molar-refractivity contribution in [2.45, 2.75) is 0 Å². The largest absolute Gasteiger partial charge is 0.255 e. The van der Waals surface area contributed by atoms with E-state index in [2.05, 4.69) is 109 Å². The van der Waals surface area contributed by atoms with Gasteiger partial charge in [0.05, 0.1) is 10.2 Å². The zero-order valence-corrected chi connectivity index (χ0v) is 20.9. The van der Waals surface area contributed by atoms with Gasteiger partial charge in [-0.05, 0) is 52.6 Å². The van der Waals surface area contributed by atoms with E-state index in [1.54, 1.807) is 0 Å². The molecule has 3 heteroatoms. The standard InChI is InChI=1S/C33H19NS2/c1-3-7-29-24(5-1)27-17-22(14-16-31(27)35-29)20-9-11-21(12-10-20)23-13-15-25-28(18-23)34-19-32-33(25)26-6-2-4-8-30(26)36-32/h1-19H. The molecule has 0 aliphatic heterocycles. The highest BCUT2D eigenvalue weighted by molar-refractivity contribution is 7.26. The summed E-state index contributed by atoms with van der Waals surface area (Å²) in [6.45, 7) is 0. The lowest BCUT2D eigenvalue weighted by Gasteiger charge is -2.07. The number of fused-ring (bicyclic) bond motifs is 8. The Morgan fingerprint density at radius 1 is 0.417 bits per heavy atom. The predicted molar refractivity (Wildman–Crippen MR) is 158 cm³/mol. The van der Waals surface area contributed by atoms with Crippen LogP contribution in [0.4, 0.5) is 0 Å². The van der Waals surface area contributed by atoms with Gasteiger partial charge < -0.3 is 0 Å². The molecule has 0 fully saturated rings. The van der Waals surface area contributed by atoms with E-state index in [0.29, 0.717) is 0 Å². The first-order chi connectivity index (χ1) is 17.8. The molecule has 3 aromatic heterocycles. The molecular weight excluding hydrogens is 475 g/mol. The fraction of sp³-hybridized carbons (Fsp3) is 0. The third-order valence-electron chi connectivity index (χ3n) is 7.14. The van der Waals surface area contributed by atoms with Crippen LogP contribution in [0, 0.1) is 0 Å². The van der Waals surface area contributed by atoms with Crippen molar-refractivity contribution in [2.24, 2.45) is 0 Å². The number of aromatic nitrogens is 1. The monoisotopic (exact) mass is 493 g/mol. The maximum atomic E-state index is 4.82. The van der Waals surface area contributed by atoms with Crippen molar-refractivity contribution >= 4 is 73.9 Å². The van der Waals surface area contributed by atoms with Crippen LogP contribution in [0.15, 0.2) is 115 Å². The van der Waals surface area contributed by atoms with Crippen molar-refractivity contribution in [3.8, 4) is 22.3 Å². The summed E-state index contributed by atoms with van der Waals surface area (Å²) < 4.78 is 5.25. The first-order valence-corrected chi connectivity index (χ1v) is 13.7. The van der Waals surface area contributed by atoms with Crippen LogP contribution in [-0.2, 0) is 0 Å². The lowest BCUT2D eigenvalue weighted by atomic mass is 9.98. The average molecular weight is 494 g/mol. The van der Waals surface area contributed by atoms with Gasteiger partial charge >= 0.3 is 0 Å². The molecule has 1 nitrogen and oxygen atoms in total. The summed E-state index contributed by atoms with van der Waals surface area (Å²) in [6, 6.07) is 39.8. The molecule has 8 aromatic rings. The van der Waals surface area contributed by atoms with Crippen LogP contribution in [0.5, 0.6) is 0 Å². The van der Waals surface area contributed by atoms with E-state index in [9.17, 15) is 0 Å². The summed E-state index contributed by atoms with van der Waals surface area (Å²) in [6.07, 6.45) is 2.03. The molecule has 0 spiro atoms. The summed E-state index contributed by atoms with van der Waals surface area (Å²) in [5.74, 6) is 0. The van der Waals surface area contributed by atoms with Gasteiger partial charge in [-0.25, -0.2) is 0 Å². The van der Waals surface area contributed by atoms with Crippen LogP contribution in [0.2, 0.25) is 0 Å². The van der Waals surface area contributed by atoms with Gasteiger partial charge in [-0.3, -0.25) is 4.98 Å². The number of benzene rings is 5. The molecule has 5 aromatic carbocycles. The maximum Gasteiger partial charge on any atom is 0.0715 e. The molecule has 0 saturated carbocycles. The number of pyridine rings is 1. The van der Waals surface area contributed by atoms with Gasteiger partial charge in [0.2, 0.25) is 0 Å². The fourth-order valence-corrected chi connectivity index (χ4v) is 7.53. The Balaban J connectivity index is 1.20. The van der Waals surface area contributed by atoms with Gasteiger partial charge in [-0.15, -0.1) is 22.7 Å². The second-order valence-electron chi connectivity index (χ2n) is 9.21. The Morgan fingerprint density at radius 3 is 1.81 bits per heavy atom. The normalized spacial score (nSPS) is 11.9. The molecule has 0 aliphatic rings. The molecule has 36 heavy (non-hydrogen) atoms. The molecule has 0 amide bonds. The van der Waals surface area contributed by atoms with Crippen molar-refractivity contribution in [3.63, 3.8) is 0 Å². The molecule has 0 N–H and O–H groups in total. The van der Waals surface area contributed by atoms with Crippen LogP contribution in [0.25, 0.3) is 73.5 Å². The van der Waals surface area contributed by atoms with Crippen LogP contribution in [0.3, 0.4) is 0 Å². The molecule has 8 rings (SSSR count). The maximum absolute atomic E-state index is 4.82. The number of thiophene rings is 2. The Labute approximate surface area is 215 Å². The molecular formula is C33H19NS2. The van der Waals surface area contributed by atoms with Crippen LogP contribution in [-0.4, -0.2) is 4.98 Å². The van der Waals surface area contributed by atoms with Crippen molar-refractivity contribution in [2.75, 3.05) is 0 Å². The molecule has 0 unspecified atom stereocenters. The smallest absolute Gasteiger partial charge is 0.0715 e. The first kappa shape index (κ1) is 20.2. The second kappa shape index (κ2) is 7.72. The molecule has 3 heterocycles. The minimum absolute atomic E-state index is 1.04. The van der Waals surface area contributed by atoms with Crippen LogP contribution in [0.1, 0.15) is 0 Å². The Bertz CT molecular complexity index is 2100. The molecule has 0 bridgehead atoms. The number of nitrogens with zero attached hydrogens (tertiary/aromatic N) is 1. The quantitative estimate of drug-likeness (QED) is 0.233. The van der Waals surface area contributed by atoms with Gasteiger partial charge in [0.25, 0.3) is 0 Å². The zero-order chi connectivity index (χ0) is 23.6. The topological polar surface area (TPSA) is 12.9 Å². The first-order valence-electron chi connectivity index (χ1n) is 12.0. The van der Waals surface area contributed by atoms with Gasteiger partial charge in [-0.2, -0.15) is 0 Å². The lowest BCUT2D eigenvalue weighted by molar-refractivity contribution is 1.45. The average Bonchev–Trinajstić information content (AvgIpc) is 3.51. The van der Waals surface area contributed by atoms with Gasteiger partial charge in [0.1, 0.15) is 0 Å². The Kier molecular flexibility index (Phi) is 4.33. The number of hydrogen-bond donors (Lipinski definition) is 0. The molecule has 0 saturated heterocycles. The van der Waals surface area contributed by atoms with E-state index in [0.717, 1.165) is 5.52 Å². The molecule has 168 valence electrons. The van der Waals surface area contributed by atoms with Crippen molar-refractivity contribution in [3.05, 3.63) is 115 Å². The van der Waals surface area contributed by atoms with E-state index < -0.39 is 0 Å². The Hall–Kier alpha value is -4.05. The summed E-state index contributed by atoms with van der Waals surface area (Å²) in [5, 5.41) is 6.54. The summed E-state index contributed by atoms with van der Waals surface area (Å²) >= 11 is 3.68. The third kappa shape index (κ3) is 3.03. The van der Waals surface area contributed by atoms with Gasteiger partial charge in [0, 0.05) is 47.2 Å².